The van der Waals surface area contributed by atoms with Crippen molar-refractivity contribution >= 4 is 17.3 Å². The Labute approximate surface area is 123 Å². The van der Waals surface area contributed by atoms with Crippen molar-refractivity contribution in [3.63, 3.8) is 0 Å². The summed E-state index contributed by atoms with van der Waals surface area (Å²) in [4.78, 5) is 22.6. The van der Waals surface area contributed by atoms with Crippen LogP contribution in [0.5, 0.6) is 0 Å². The van der Waals surface area contributed by atoms with Gasteiger partial charge in [-0.15, -0.1) is 0 Å². The summed E-state index contributed by atoms with van der Waals surface area (Å²) in [5.41, 5.74) is 2.40. The van der Waals surface area contributed by atoms with Gasteiger partial charge in [0.15, 0.2) is 0 Å². The first kappa shape index (κ1) is 15.2. The van der Waals surface area contributed by atoms with E-state index in [4.69, 9.17) is 5.84 Å². The molecular formula is C14H20N4O3. The van der Waals surface area contributed by atoms with E-state index in [9.17, 15) is 14.9 Å². The quantitative estimate of drug-likeness (QED) is 0.448. The van der Waals surface area contributed by atoms with Gasteiger partial charge in [-0.3, -0.25) is 20.8 Å². The van der Waals surface area contributed by atoms with Gasteiger partial charge in [-0.05, 0) is 31.9 Å². The largest absolute Gasteiger partial charge is 0.347 e. The van der Waals surface area contributed by atoms with Gasteiger partial charge in [-0.1, -0.05) is 19.3 Å². The first-order valence-electron chi connectivity index (χ1n) is 7.03. The number of amides is 1. The van der Waals surface area contributed by atoms with Crippen LogP contribution in [0, 0.1) is 10.1 Å². The third-order valence-electron chi connectivity index (χ3n) is 3.98. The molecule has 2 rings (SSSR count). The average molecular weight is 292 g/mol. The van der Waals surface area contributed by atoms with Crippen LogP contribution in [-0.4, -0.2) is 16.4 Å². The van der Waals surface area contributed by atoms with E-state index < -0.39 is 4.92 Å². The standard InChI is InChI=1S/C14H20N4O3/c1-14(7-3-2-4-8-14)16-13(19)10-5-6-12(18(20)21)11(9-10)17-15/h5-6,9,17H,2-4,7-8,15H2,1H3,(H,16,19). The topological polar surface area (TPSA) is 110 Å². The van der Waals surface area contributed by atoms with Crippen molar-refractivity contribution in [2.45, 2.75) is 44.6 Å². The molecule has 0 radical (unpaired) electrons. The molecule has 0 bridgehead atoms. The second kappa shape index (κ2) is 6.09. The van der Waals surface area contributed by atoms with E-state index in [2.05, 4.69) is 10.7 Å². The number of benzene rings is 1. The first-order valence-corrected chi connectivity index (χ1v) is 7.03. The molecule has 7 nitrogen and oxygen atoms in total. The van der Waals surface area contributed by atoms with E-state index in [1.165, 1.54) is 24.6 Å². The van der Waals surface area contributed by atoms with E-state index in [0.717, 1.165) is 25.7 Å². The molecule has 0 unspecified atom stereocenters. The van der Waals surface area contributed by atoms with E-state index in [-0.39, 0.29) is 22.8 Å². The predicted molar refractivity (Wildman–Crippen MR) is 79.9 cm³/mol. The molecule has 0 heterocycles. The van der Waals surface area contributed by atoms with E-state index >= 15 is 0 Å². The Bertz CT molecular complexity index is 553. The number of nitrogens with zero attached hydrogens (tertiary/aromatic N) is 1. The second-order valence-electron chi connectivity index (χ2n) is 5.71. The van der Waals surface area contributed by atoms with Crippen molar-refractivity contribution in [2.24, 2.45) is 5.84 Å². The smallest absolute Gasteiger partial charge is 0.293 e. The van der Waals surface area contributed by atoms with Gasteiger partial charge in [0.2, 0.25) is 0 Å². The molecule has 0 saturated heterocycles. The Morgan fingerprint density at radius 1 is 1.33 bits per heavy atom. The highest BCUT2D eigenvalue weighted by Crippen LogP contribution is 2.29. The highest BCUT2D eigenvalue weighted by atomic mass is 16.6. The highest BCUT2D eigenvalue weighted by molar-refractivity contribution is 5.96. The molecule has 1 aliphatic rings. The molecule has 4 N–H and O–H groups in total. The fourth-order valence-corrected chi connectivity index (χ4v) is 2.76. The first-order chi connectivity index (χ1) is 9.95. The van der Waals surface area contributed by atoms with Crippen LogP contribution in [-0.2, 0) is 0 Å². The number of carbonyl (C=O) groups excluding carboxylic acids is 1. The van der Waals surface area contributed by atoms with Crippen LogP contribution >= 0.6 is 0 Å². The number of anilines is 1. The maximum absolute atomic E-state index is 12.3. The number of hydrogen-bond donors (Lipinski definition) is 3. The maximum atomic E-state index is 12.3. The Hall–Kier alpha value is -2.15. The minimum Gasteiger partial charge on any atom is -0.347 e. The van der Waals surface area contributed by atoms with Crippen LogP contribution in [0.3, 0.4) is 0 Å². The minimum atomic E-state index is -0.542. The Morgan fingerprint density at radius 3 is 2.57 bits per heavy atom. The summed E-state index contributed by atoms with van der Waals surface area (Å²) in [6.45, 7) is 2.04. The fourth-order valence-electron chi connectivity index (χ4n) is 2.76. The molecule has 1 aromatic carbocycles. The molecule has 7 heteroatoms. The molecule has 1 saturated carbocycles. The maximum Gasteiger partial charge on any atom is 0.293 e. The molecule has 21 heavy (non-hydrogen) atoms. The summed E-state index contributed by atoms with van der Waals surface area (Å²) >= 11 is 0. The van der Waals surface area contributed by atoms with Gasteiger partial charge in [0.1, 0.15) is 5.69 Å². The third-order valence-corrected chi connectivity index (χ3v) is 3.98. The Balaban J connectivity index is 2.17. The minimum absolute atomic E-state index is 0.126. The molecule has 1 aromatic rings. The summed E-state index contributed by atoms with van der Waals surface area (Å²) in [6, 6.07) is 4.13. The van der Waals surface area contributed by atoms with Crippen molar-refractivity contribution < 1.29 is 9.72 Å². The van der Waals surface area contributed by atoms with Crippen LogP contribution in [0.4, 0.5) is 11.4 Å². The van der Waals surface area contributed by atoms with Crippen molar-refractivity contribution in [3.05, 3.63) is 33.9 Å². The molecular weight excluding hydrogens is 272 g/mol. The number of nitro groups is 1. The van der Waals surface area contributed by atoms with Gasteiger partial charge in [0.05, 0.1) is 4.92 Å². The van der Waals surface area contributed by atoms with Gasteiger partial charge in [-0.2, -0.15) is 0 Å². The summed E-state index contributed by atoms with van der Waals surface area (Å²) in [5.74, 6) is 5.05. The van der Waals surface area contributed by atoms with Crippen LogP contribution < -0.4 is 16.6 Å². The number of nitrogens with one attached hydrogen (secondary N) is 2. The number of nitrogen functional groups attached to an aromatic ring is 1. The molecule has 0 aromatic heterocycles. The van der Waals surface area contributed by atoms with Gasteiger partial charge < -0.3 is 10.7 Å². The monoisotopic (exact) mass is 292 g/mol. The summed E-state index contributed by atoms with van der Waals surface area (Å²) in [6.07, 6.45) is 5.31. The summed E-state index contributed by atoms with van der Waals surface area (Å²) in [7, 11) is 0. The number of nitrogens with two attached hydrogens (primary N) is 1. The lowest BCUT2D eigenvalue weighted by Crippen LogP contribution is -2.47. The summed E-state index contributed by atoms with van der Waals surface area (Å²) in [5, 5.41) is 13.9. The third kappa shape index (κ3) is 3.49. The van der Waals surface area contributed by atoms with Gasteiger partial charge >= 0.3 is 0 Å². The van der Waals surface area contributed by atoms with Gasteiger partial charge in [0.25, 0.3) is 11.6 Å². The number of nitro benzene ring substituents is 1. The molecule has 114 valence electrons. The molecule has 1 fully saturated rings. The predicted octanol–water partition coefficient (Wildman–Crippen LogP) is 2.33. The molecule has 0 aliphatic heterocycles. The molecule has 1 aliphatic carbocycles. The van der Waals surface area contributed by atoms with Crippen LogP contribution in [0.1, 0.15) is 49.4 Å². The zero-order valence-corrected chi connectivity index (χ0v) is 12.0. The Kier molecular flexibility index (Phi) is 4.42. The number of hydrazine groups is 1. The van der Waals surface area contributed by atoms with E-state index in [0.29, 0.717) is 5.56 Å². The molecule has 1 amide bonds. The van der Waals surface area contributed by atoms with Crippen LogP contribution in [0.2, 0.25) is 0 Å². The van der Waals surface area contributed by atoms with Crippen LogP contribution in [0.15, 0.2) is 18.2 Å². The van der Waals surface area contributed by atoms with E-state index in [1.54, 1.807) is 0 Å². The molecule has 0 spiro atoms. The number of carbonyl (C=O) groups is 1. The van der Waals surface area contributed by atoms with E-state index in [1.807, 2.05) is 6.92 Å². The zero-order chi connectivity index (χ0) is 15.5. The van der Waals surface area contributed by atoms with Gasteiger partial charge in [0, 0.05) is 17.2 Å². The number of hydrogen-bond acceptors (Lipinski definition) is 5. The zero-order valence-electron chi connectivity index (χ0n) is 12.0. The Morgan fingerprint density at radius 2 is 2.00 bits per heavy atom. The fraction of sp³-hybridized carbons (Fsp3) is 0.500. The lowest BCUT2D eigenvalue weighted by molar-refractivity contribution is -0.384. The number of rotatable bonds is 4. The average Bonchev–Trinajstić information content (AvgIpc) is 2.46. The normalized spacial score (nSPS) is 17.0. The second-order valence-corrected chi connectivity index (χ2v) is 5.71. The van der Waals surface area contributed by atoms with Crippen molar-refractivity contribution in [1.82, 2.24) is 5.32 Å². The lowest BCUT2D eigenvalue weighted by atomic mass is 9.83. The highest BCUT2D eigenvalue weighted by Gasteiger charge is 2.29. The van der Waals surface area contributed by atoms with Crippen molar-refractivity contribution in [3.8, 4) is 0 Å². The summed E-state index contributed by atoms with van der Waals surface area (Å²) < 4.78 is 0. The SMILES string of the molecule is CC1(NC(=O)c2ccc([N+](=O)[O-])c(NN)c2)CCCCC1. The lowest BCUT2D eigenvalue weighted by Gasteiger charge is -2.34. The molecule has 0 atom stereocenters. The van der Waals surface area contributed by atoms with Crippen molar-refractivity contribution in [1.29, 1.82) is 0 Å². The van der Waals surface area contributed by atoms with Gasteiger partial charge in [-0.25, -0.2) is 0 Å². The van der Waals surface area contributed by atoms with Crippen molar-refractivity contribution in [2.75, 3.05) is 5.43 Å². The van der Waals surface area contributed by atoms with Crippen LogP contribution in [0.25, 0.3) is 0 Å².